The summed E-state index contributed by atoms with van der Waals surface area (Å²) in [5, 5.41) is 7.94. The van der Waals surface area contributed by atoms with Crippen LogP contribution in [0.1, 0.15) is 12.8 Å². The Morgan fingerprint density at radius 1 is 1.25 bits per heavy atom. The van der Waals surface area contributed by atoms with Gasteiger partial charge in [-0.1, -0.05) is 0 Å². The van der Waals surface area contributed by atoms with E-state index in [4.69, 9.17) is 0 Å². The number of hydrogen-bond acceptors (Lipinski definition) is 6. The number of amides is 2. The first-order chi connectivity index (χ1) is 13.6. The molecule has 2 fully saturated rings. The van der Waals surface area contributed by atoms with Crippen molar-refractivity contribution < 1.29 is 4.79 Å². The number of H-pyrrole nitrogens is 1. The molecular weight excluding hydrogens is 358 g/mol. The van der Waals surface area contributed by atoms with Gasteiger partial charge in [-0.2, -0.15) is 0 Å². The molecule has 0 aromatic carbocycles. The van der Waals surface area contributed by atoms with Gasteiger partial charge in [-0.3, -0.25) is 10.00 Å². The lowest BCUT2D eigenvalue weighted by molar-refractivity contribution is 0.218. The van der Waals surface area contributed by atoms with Crippen LogP contribution >= 0.6 is 0 Å². The van der Waals surface area contributed by atoms with Gasteiger partial charge in [0.25, 0.3) is 0 Å². The molecule has 0 bridgehead atoms. The third kappa shape index (κ3) is 2.85. The van der Waals surface area contributed by atoms with Crippen LogP contribution in [-0.4, -0.2) is 66.8 Å². The number of aromatic nitrogens is 6. The van der Waals surface area contributed by atoms with E-state index < -0.39 is 0 Å². The number of aromatic amines is 1. The fourth-order valence-corrected chi connectivity index (χ4v) is 4.63. The predicted molar refractivity (Wildman–Crippen MR) is 104 cm³/mol. The molecule has 1 aliphatic heterocycles. The van der Waals surface area contributed by atoms with Crippen molar-refractivity contribution in [2.75, 3.05) is 30.4 Å². The first-order valence-electron chi connectivity index (χ1n) is 9.51. The van der Waals surface area contributed by atoms with Crippen LogP contribution in [0.3, 0.4) is 0 Å². The van der Waals surface area contributed by atoms with E-state index in [9.17, 15) is 4.79 Å². The smallest absolute Gasteiger partial charge is 0.324 e. The van der Waals surface area contributed by atoms with E-state index in [1.54, 1.807) is 24.4 Å². The molecule has 5 rings (SSSR count). The number of aryl methyl sites for hydroxylation is 1. The van der Waals surface area contributed by atoms with Crippen molar-refractivity contribution in [3.05, 3.63) is 24.9 Å². The summed E-state index contributed by atoms with van der Waals surface area (Å²) in [5.74, 6) is 2.34. The van der Waals surface area contributed by atoms with Gasteiger partial charge in [-0.25, -0.2) is 19.7 Å². The largest absolute Gasteiger partial charge is 0.356 e. The minimum absolute atomic E-state index is 0.115. The quantitative estimate of drug-likeness (QED) is 0.711. The number of carbonyl (C=O) groups is 1. The summed E-state index contributed by atoms with van der Waals surface area (Å²) < 4.78 is 1.57. The average molecular weight is 381 g/mol. The Morgan fingerprint density at radius 3 is 2.75 bits per heavy atom. The van der Waals surface area contributed by atoms with E-state index >= 15 is 0 Å². The zero-order valence-corrected chi connectivity index (χ0v) is 15.9. The maximum Gasteiger partial charge on any atom is 0.324 e. The summed E-state index contributed by atoms with van der Waals surface area (Å²) in [6.07, 6.45) is 7.19. The van der Waals surface area contributed by atoms with Crippen LogP contribution in [0.4, 0.5) is 16.6 Å². The molecule has 0 radical (unpaired) electrons. The summed E-state index contributed by atoms with van der Waals surface area (Å²) in [7, 11) is 3.89. The van der Waals surface area contributed by atoms with Crippen molar-refractivity contribution in [1.29, 1.82) is 0 Å². The third-order valence-electron chi connectivity index (χ3n) is 6.05. The van der Waals surface area contributed by atoms with Gasteiger partial charge in [0.05, 0.1) is 5.39 Å². The van der Waals surface area contributed by atoms with Crippen molar-refractivity contribution in [1.82, 2.24) is 34.6 Å². The molecular formula is C18H23N9O. The molecule has 3 atom stereocenters. The molecule has 0 unspecified atom stereocenters. The van der Waals surface area contributed by atoms with E-state index in [2.05, 4.69) is 42.3 Å². The highest BCUT2D eigenvalue weighted by Gasteiger charge is 2.44. The molecule has 3 aromatic heterocycles. The summed E-state index contributed by atoms with van der Waals surface area (Å²) >= 11 is 0. The number of anilines is 2. The molecule has 10 heteroatoms. The van der Waals surface area contributed by atoms with Crippen LogP contribution in [0.15, 0.2) is 24.9 Å². The Bertz CT molecular complexity index is 997. The first-order valence-corrected chi connectivity index (χ1v) is 9.51. The monoisotopic (exact) mass is 381 g/mol. The number of urea groups is 1. The van der Waals surface area contributed by atoms with E-state index in [-0.39, 0.29) is 6.03 Å². The highest BCUT2D eigenvalue weighted by atomic mass is 16.2. The van der Waals surface area contributed by atoms with Crippen LogP contribution in [0.2, 0.25) is 0 Å². The SMILES string of the molecule is CN(c1ncnc2[nH]ccc12)[C@H]1C[C@@H]2CN(C(=O)Nc3ncn(C)n3)C[C@@H]2C1. The van der Waals surface area contributed by atoms with Crippen molar-refractivity contribution in [3.63, 3.8) is 0 Å². The van der Waals surface area contributed by atoms with Gasteiger partial charge in [0, 0.05) is 39.4 Å². The summed E-state index contributed by atoms with van der Waals surface area (Å²) in [6, 6.07) is 2.33. The Morgan fingerprint density at radius 2 is 2.04 bits per heavy atom. The van der Waals surface area contributed by atoms with E-state index in [0.717, 1.165) is 42.8 Å². The first kappa shape index (κ1) is 17.0. The van der Waals surface area contributed by atoms with Crippen molar-refractivity contribution >= 4 is 28.8 Å². The lowest BCUT2D eigenvalue weighted by Crippen LogP contribution is -2.36. The fraction of sp³-hybridized carbons (Fsp3) is 0.500. The fourth-order valence-electron chi connectivity index (χ4n) is 4.63. The number of carbonyl (C=O) groups excluding carboxylic acids is 1. The van der Waals surface area contributed by atoms with Gasteiger partial charge < -0.3 is 14.8 Å². The van der Waals surface area contributed by atoms with Crippen LogP contribution < -0.4 is 10.2 Å². The number of likely N-dealkylation sites (tertiary alicyclic amines) is 1. The van der Waals surface area contributed by atoms with Crippen LogP contribution in [0, 0.1) is 11.8 Å². The zero-order valence-electron chi connectivity index (χ0n) is 15.9. The van der Waals surface area contributed by atoms with Crippen LogP contribution in [0.25, 0.3) is 11.0 Å². The topological polar surface area (TPSA) is 108 Å². The second-order valence-electron chi connectivity index (χ2n) is 7.77. The number of fused-ring (bicyclic) bond motifs is 2. The minimum atomic E-state index is -0.115. The molecule has 0 spiro atoms. The molecule has 2 amide bonds. The third-order valence-corrected chi connectivity index (χ3v) is 6.05. The van der Waals surface area contributed by atoms with Crippen molar-refractivity contribution in [2.45, 2.75) is 18.9 Å². The Labute approximate surface area is 162 Å². The van der Waals surface area contributed by atoms with Crippen LogP contribution in [0.5, 0.6) is 0 Å². The molecule has 2 aliphatic rings. The second kappa shape index (κ2) is 6.47. The number of hydrogen-bond donors (Lipinski definition) is 2. The lowest BCUT2D eigenvalue weighted by Gasteiger charge is -2.27. The summed E-state index contributed by atoms with van der Waals surface area (Å²) in [6.45, 7) is 1.55. The lowest BCUT2D eigenvalue weighted by atomic mass is 10.0. The average Bonchev–Trinajstić information content (AvgIpc) is 3.43. The molecule has 3 aromatic rings. The van der Waals surface area contributed by atoms with E-state index in [1.165, 1.54) is 0 Å². The molecule has 28 heavy (non-hydrogen) atoms. The maximum absolute atomic E-state index is 12.5. The number of rotatable bonds is 3. The molecule has 1 saturated heterocycles. The van der Waals surface area contributed by atoms with Crippen molar-refractivity contribution in [2.24, 2.45) is 18.9 Å². The minimum Gasteiger partial charge on any atom is -0.356 e. The number of nitrogens with one attached hydrogen (secondary N) is 2. The normalized spacial score (nSPS) is 23.9. The summed E-state index contributed by atoms with van der Waals surface area (Å²) in [5.41, 5.74) is 0.862. The second-order valence-corrected chi connectivity index (χ2v) is 7.77. The Kier molecular flexibility index (Phi) is 3.92. The van der Waals surface area contributed by atoms with Crippen molar-refractivity contribution in [3.8, 4) is 0 Å². The zero-order chi connectivity index (χ0) is 19.3. The van der Waals surface area contributed by atoms with Gasteiger partial charge in [-0.05, 0) is 30.7 Å². The van der Waals surface area contributed by atoms with E-state index in [0.29, 0.717) is 23.8 Å². The molecule has 1 saturated carbocycles. The maximum atomic E-state index is 12.5. The molecule has 2 N–H and O–H groups in total. The summed E-state index contributed by atoms with van der Waals surface area (Å²) in [4.78, 5) is 32.7. The van der Waals surface area contributed by atoms with Crippen LogP contribution in [-0.2, 0) is 7.05 Å². The standard InChI is InChI=1S/C18H23N9O/c1-25-10-22-17(24-25)23-18(28)27-7-11-5-13(6-12(11)8-27)26(2)16-14-3-4-19-15(14)20-9-21-16/h3-4,9-13H,5-8H2,1-2H3,(H,19,20,21)(H,23,24,28)/t11-,12+,13+. The highest BCUT2D eigenvalue weighted by molar-refractivity contribution is 5.88. The molecule has 10 nitrogen and oxygen atoms in total. The van der Waals surface area contributed by atoms with Gasteiger partial charge >= 0.3 is 6.03 Å². The number of nitrogens with zero attached hydrogens (tertiary/aromatic N) is 7. The Balaban J connectivity index is 1.23. The predicted octanol–water partition coefficient (Wildman–Crippen LogP) is 1.47. The Hall–Kier alpha value is -3.17. The molecule has 4 heterocycles. The molecule has 146 valence electrons. The highest BCUT2D eigenvalue weighted by Crippen LogP contribution is 2.41. The van der Waals surface area contributed by atoms with Gasteiger partial charge in [0.2, 0.25) is 5.95 Å². The van der Waals surface area contributed by atoms with E-state index in [1.807, 2.05) is 17.2 Å². The van der Waals surface area contributed by atoms with Gasteiger partial charge in [-0.15, -0.1) is 5.10 Å². The molecule has 1 aliphatic carbocycles. The van der Waals surface area contributed by atoms with Gasteiger partial charge in [0.15, 0.2) is 0 Å². The van der Waals surface area contributed by atoms with Gasteiger partial charge in [0.1, 0.15) is 24.1 Å².